The van der Waals surface area contributed by atoms with Crippen LogP contribution in [0.2, 0.25) is 44.8 Å². The molecule has 1 saturated carbocycles. The Hall–Kier alpha value is 0.271. The van der Waals surface area contributed by atoms with Gasteiger partial charge in [-0.1, -0.05) is 12.2 Å². The lowest BCUT2D eigenvalue weighted by molar-refractivity contribution is -0.153. The van der Waals surface area contributed by atoms with Gasteiger partial charge in [0.25, 0.3) is 0 Å². The number of hydrogen-bond acceptors (Lipinski definition) is 3. The van der Waals surface area contributed by atoms with Crippen LogP contribution in [0.15, 0.2) is 12.2 Å². The molecule has 2 rings (SSSR count). The largest absolute Gasteiger partial charge is 0.380 e. The highest BCUT2D eigenvalue weighted by atomic mass is 28.4. The third-order valence-corrected chi connectivity index (χ3v) is 7.39. The summed E-state index contributed by atoms with van der Waals surface area (Å²) >= 11 is 0. The molecule has 0 heterocycles. The van der Waals surface area contributed by atoms with Crippen molar-refractivity contribution in [3.63, 3.8) is 0 Å². The number of hydrogen-bond donors (Lipinski definition) is 0. The summed E-state index contributed by atoms with van der Waals surface area (Å²) in [5.74, 6) is 1.61. The van der Waals surface area contributed by atoms with E-state index >= 15 is 0 Å². The first kappa shape index (κ1) is 16.6. The lowest BCUT2D eigenvalue weighted by Gasteiger charge is -2.32. The summed E-state index contributed by atoms with van der Waals surface area (Å²) in [5.41, 5.74) is 0.794. The number of allylic oxidation sites excluding steroid dienone is 2. The molecule has 3 nitrogen and oxygen atoms in total. The van der Waals surface area contributed by atoms with Crippen molar-refractivity contribution < 1.29 is 13.3 Å². The van der Waals surface area contributed by atoms with Crippen molar-refractivity contribution in [1.82, 2.24) is 0 Å². The lowest BCUT2D eigenvalue weighted by Crippen LogP contribution is -2.42. The second kappa shape index (κ2) is 6.18. The van der Waals surface area contributed by atoms with Gasteiger partial charge in [0.2, 0.25) is 6.48 Å². The standard InChI is InChI=1S/C14H30O3Si3/c1-19(2,3)16-14(17-20(4,5)6)15-18-13-10-11-7-8-12(13)9-11/h7-8,11-14H,9-10,18H2,1-6H3. The van der Waals surface area contributed by atoms with E-state index in [1.807, 2.05) is 0 Å². The van der Waals surface area contributed by atoms with Gasteiger partial charge in [0.05, 0.1) is 0 Å². The van der Waals surface area contributed by atoms with Crippen LogP contribution < -0.4 is 0 Å². The maximum Gasteiger partial charge on any atom is 0.242 e. The maximum atomic E-state index is 6.16. The third-order valence-electron chi connectivity index (χ3n) is 3.76. The summed E-state index contributed by atoms with van der Waals surface area (Å²) in [7, 11) is -3.85. The summed E-state index contributed by atoms with van der Waals surface area (Å²) in [6.07, 6.45) is 7.49. The first-order valence-corrected chi connectivity index (χ1v) is 16.0. The fourth-order valence-corrected chi connectivity index (χ4v) is 6.41. The molecule has 1 fully saturated rings. The first-order valence-electron chi connectivity index (χ1n) is 7.78. The molecule has 0 aromatic carbocycles. The molecule has 0 N–H and O–H groups in total. The molecule has 20 heavy (non-hydrogen) atoms. The van der Waals surface area contributed by atoms with Crippen LogP contribution in [0.1, 0.15) is 12.8 Å². The van der Waals surface area contributed by atoms with Gasteiger partial charge < -0.3 is 13.3 Å². The average Bonchev–Trinajstić information content (AvgIpc) is 2.82. The molecule has 3 atom stereocenters. The van der Waals surface area contributed by atoms with Crippen molar-refractivity contribution in [2.45, 2.75) is 64.1 Å². The van der Waals surface area contributed by atoms with Gasteiger partial charge in [0.15, 0.2) is 26.4 Å². The summed E-state index contributed by atoms with van der Waals surface area (Å²) in [6.45, 7) is 12.8. The molecule has 2 aliphatic rings. The first-order chi connectivity index (χ1) is 9.12. The van der Waals surface area contributed by atoms with Crippen LogP contribution in [0, 0.1) is 11.8 Å². The Morgan fingerprint density at radius 3 is 1.95 bits per heavy atom. The quantitative estimate of drug-likeness (QED) is 0.406. The van der Waals surface area contributed by atoms with Crippen molar-refractivity contribution in [3.05, 3.63) is 12.2 Å². The fourth-order valence-electron chi connectivity index (χ4n) is 2.96. The van der Waals surface area contributed by atoms with Crippen LogP contribution >= 0.6 is 0 Å². The summed E-state index contributed by atoms with van der Waals surface area (Å²) in [5, 5.41) is 0. The molecular weight excluding hydrogens is 300 g/mol. The molecule has 0 aromatic rings. The van der Waals surface area contributed by atoms with Gasteiger partial charge in [-0.05, 0) is 69.5 Å². The van der Waals surface area contributed by atoms with Gasteiger partial charge >= 0.3 is 0 Å². The molecule has 2 bridgehead atoms. The molecule has 3 unspecified atom stereocenters. The predicted octanol–water partition coefficient (Wildman–Crippen LogP) is 3.46. The molecule has 0 aliphatic heterocycles. The highest BCUT2D eigenvalue weighted by molar-refractivity contribution is 6.70. The van der Waals surface area contributed by atoms with E-state index in [0.29, 0.717) is 0 Å². The van der Waals surface area contributed by atoms with Gasteiger partial charge in [-0.15, -0.1) is 0 Å². The Balaban J connectivity index is 1.85. The van der Waals surface area contributed by atoms with Crippen LogP contribution in [0.25, 0.3) is 0 Å². The monoisotopic (exact) mass is 330 g/mol. The lowest BCUT2D eigenvalue weighted by atomic mass is 10.1. The van der Waals surface area contributed by atoms with Crippen LogP contribution in [0.5, 0.6) is 0 Å². The summed E-state index contributed by atoms with van der Waals surface area (Å²) < 4.78 is 18.4. The van der Waals surface area contributed by atoms with Crippen molar-refractivity contribution >= 4 is 26.4 Å². The van der Waals surface area contributed by atoms with Crippen LogP contribution in [0.4, 0.5) is 0 Å². The molecule has 116 valence electrons. The fraction of sp³-hybridized carbons (Fsp3) is 0.857. The highest BCUT2D eigenvalue weighted by Crippen LogP contribution is 2.46. The Morgan fingerprint density at radius 2 is 1.55 bits per heavy atom. The molecule has 2 aliphatic carbocycles. The molecule has 0 spiro atoms. The zero-order valence-electron chi connectivity index (χ0n) is 13.8. The van der Waals surface area contributed by atoms with Crippen LogP contribution in [-0.4, -0.2) is 32.9 Å². The Morgan fingerprint density at radius 1 is 0.950 bits per heavy atom. The van der Waals surface area contributed by atoms with E-state index in [4.69, 9.17) is 13.3 Å². The molecule has 0 saturated heterocycles. The minimum atomic E-state index is -1.63. The van der Waals surface area contributed by atoms with E-state index in [1.54, 1.807) is 0 Å². The Kier molecular flexibility index (Phi) is 5.14. The molecule has 0 amide bonds. The van der Waals surface area contributed by atoms with Crippen molar-refractivity contribution in [2.75, 3.05) is 0 Å². The maximum absolute atomic E-state index is 6.16. The molecule has 0 aromatic heterocycles. The SMILES string of the molecule is C[Si](C)(C)OC(O[SiH2]C1CC2C=CC1C2)O[Si](C)(C)C. The summed E-state index contributed by atoms with van der Waals surface area (Å²) in [6, 6.07) is 0. The van der Waals surface area contributed by atoms with E-state index < -0.39 is 32.9 Å². The smallest absolute Gasteiger partial charge is 0.242 e. The normalized spacial score (nSPS) is 30.2. The number of fused-ring (bicyclic) bond motifs is 2. The van der Waals surface area contributed by atoms with E-state index in [9.17, 15) is 0 Å². The Bertz CT molecular complexity index is 344. The molecule has 0 radical (unpaired) electrons. The zero-order chi connectivity index (χ0) is 15.0. The third kappa shape index (κ3) is 5.23. The van der Waals surface area contributed by atoms with Gasteiger partial charge in [-0.2, -0.15) is 0 Å². The topological polar surface area (TPSA) is 27.7 Å². The van der Waals surface area contributed by atoms with Gasteiger partial charge in [-0.3, -0.25) is 0 Å². The van der Waals surface area contributed by atoms with Crippen LogP contribution in [0.3, 0.4) is 0 Å². The zero-order valence-corrected chi connectivity index (χ0v) is 17.2. The van der Waals surface area contributed by atoms with Crippen LogP contribution in [-0.2, 0) is 13.3 Å². The average molecular weight is 331 g/mol. The van der Waals surface area contributed by atoms with Gasteiger partial charge in [0.1, 0.15) is 0 Å². The molecule has 6 heteroatoms. The predicted molar refractivity (Wildman–Crippen MR) is 91.4 cm³/mol. The Labute approximate surface area is 128 Å². The number of rotatable bonds is 7. The van der Waals surface area contributed by atoms with E-state index in [1.165, 1.54) is 12.8 Å². The van der Waals surface area contributed by atoms with E-state index in [2.05, 4.69) is 51.4 Å². The van der Waals surface area contributed by atoms with Gasteiger partial charge in [-0.25, -0.2) is 0 Å². The van der Waals surface area contributed by atoms with Crippen molar-refractivity contribution in [3.8, 4) is 0 Å². The van der Waals surface area contributed by atoms with Gasteiger partial charge in [0, 0.05) is 0 Å². The van der Waals surface area contributed by atoms with Crippen molar-refractivity contribution in [2.24, 2.45) is 11.8 Å². The second-order valence-corrected chi connectivity index (χ2v) is 18.8. The minimum Gasteiger partial charge on any atom is -0.380 e. The van der Waals surface area contributed by atoms with E-state index in [0.717, 1.165) is 17.4 Å². The molecular formula is C14H30O3Si3. The highest BCUT2D eigenvalue weighted by Gasteiger charge is 2.37. The minimum absolute atomic E-state index is 0.400. The van der Waals surface area contributed by atoms with E-state index in [-0.39, 0.29) is 0 Å². The summed E-state index contributed by atoms with van der Waals surface area (Å²) in [4.78, 5) is 0. The second-order valence-electron chi connectivity index (χ2n) is 8.12. The van der Waals surface area contributed by atoms with Crippen molar-refractivity contribution in [1.29, 1.82) is 0 Å².